The minimum Gasteiger partial charge on any atom is -0.497 e. The van der Waals surface area contributed by atoms with Gasteiger partial charge >= 0.3 is 5.97 Å². The monoisotopic (exact) mass is 458 g/mol. The van der Waals surface area contributed by atoms with Crippen LogP contribution in [0, 0.1) is 20.8 Å². The molecule has 0 N–H and O–H groups in total. The summed E-state index contributed by atoms with van der Waals surface area (Å²) in [5.41, 5.74) is 5.84. The molecule has 4 aromatic rings. The summed E-state index contributed by atoms with van der Waals surface area (Å²) in [5, 5.41) is 12.6. The molecule has 0 atom stereocenters. The Morgan fingerprint density at radius 2 is 1.76 bits per heavy atom. The summed E-state index contributed by atoms with van der Waals surface area (Å²) >= 11 is 0. The molecule has 0 radical (unpaired) electrons. The van der Waals surface area contributed by atoms with Gasteiger partial charge in [0.1, 0.15) is 5.75 Å². The number of carbonyl (C=O) groups excluding carboxylic acids is 1. The minimum atomic E-state index is -0.505. The van der Waals surface area contributed by atoms with Crippen molar-refractivity contribution in [1.82, 2.24) is 20.0 Å². The van der Waals surface area contributed by atoms with Gasteiger partial charge in [0, 0.05) is 22.9 Å². The SMILES string of the molecule is COc1ccc(-c2nnc(COC(=O)/C=C/c3c(C)nn(Cc4ccc(C)cc4)c3C)o2)cc1. The lowest BCUT2D eigenvalue weighted by Gasteiger charge is -2.05. The van der Waals surface area contributed by atoms with E-state index in [0.717, 1.165) is 28.3 Å². The Labute approximate surface area is 197 Å². The molecular formula is C26H26N4O4. The quantitative estimate of drug-likeness (QED) is 0.280. The Bertz CT molecular complexity index is 1300. The van der Waals surface area contributed by atoms with Gasteiger partial charge in [-0.2, -0.15) is 5.10 Å². The Morgan fingerprint density at radius 1 is 1.03 bits per heavy atom. The predicted octanol–water partition coefficient (Wildman–Crippen LogP) is 4.67. The van der Waals surface area contributed by atoms with Crippen LogP contribution in [0.1, 0.15) is 34.0 Å². The van der Waals surface area contributed by atoms with E-state index in [0.29, 0.717) is 12.4 Å². The molecule has 0 amide bonds. The number of hydrogen-bond donors (Lipinski definition) is 0. The van der Waals surface area contributed by atoms with E-state index in [9.17, 15) is 4.79 Å². The zero-order chi connectivity index (χ0) is 24.1. The molecular weight excluding hydrogens is 432 g/mol. The maximum Gasteiger partial charge on any atom is 0.331 e. The molecule has 0 fully saturated rings. The van der Waals surface area contributed by atoms with Crippen LogP contribution < -0.4 is 4.74 Å². The van der Waals surface area contributed by atoms with Gasteiger partial charge in [0.05, 0.1) is 19.3 Å². The number of nitrogens with zero attached hydrogens (tertiary/aromatic N) is 4. The number of aromatic nitrogens is 4. The van der Waals surface area contributed by atoms with Gasteiger partial charge < -0.3 is 13.9 Å². The maximum atomic E-state index is 12.2. The third-order valence-corrected chi connectivity index (χ3v) is 5.42. The third-order valence-electron chi connectivity index (χ3n) is 5.42. The van der Waals surface area contributed by atoms with E-state index < -0.39 is 5.97 Å². The van der Waals surface area contributed by atoms with Crippen molar-refractivity contribution < 1.29 is 18.7 Å². The fourth-order valence-corrected chi connectivity index (χ4v) is 3.47. The summed E-state index contributed by atoms with van der Waals surface area (Å²) in [4.78, 5) is 12.2. The molecule has 2 aromatic carbocycles. The summed E-state index contributed by atoms with van der Waals surface area (Å²) in [6, 6.07) is 15.6. The number of aryl methyl sites for hydroxylation is 2. The molecule has 8 nitrogen and oxygen atoms in total. The Balaban J connectivity index is 1.35. The van der Waals surface area contributed by atoms with Crippen LogP contribution in [0.15, 0.2) is 59.0 Å². The molecule has 0 spiro atoms. The summed E-state index contributed by atoms with van der Waals surface area (Å²) in [7, 11) is 1.60. The molecule has 0 aliphatic heterocycles. The largest absolute Gasteiger partial charge is 0.497 e. The number of carbonyl (C=O) groups is 1. The van der Waals surface area contributed by atoms with Crippen molar-refractivity contribution >= 4 is 12.0 Å². The molecule has 0 unspecified atom stereocenters. The highest BCUT2D eigenvalue weighted by Gasteiger charge is 2.12. The average molecular weight is 459 g/mol. The van der Waals surface area contributed by atoms with Crippen molar-refractivity contribution in [2.75, 3.05) is 7.11 Å². The lowest BCUT2D eigenvalue weighted by Crippen LogP contribution is -2.04. The third kappa shape index (κ3) is 5.40. The van der Waals surface area contributed by atoms with E-state index in [2.05, 4.69) is 46.5 Å². The molecule has 0 aliphatic rings. The Morgan fingerprint density at radius 3 is 2.47 bits per heavy atom. The van der Waals surface area contributed by atoms with Crippen molar-refractivity contribution in [3.05, 3.63) is 88.6 Å². The van der Waals surface area contributed by atoms with E-state index in [1.54, 1.807) is 25.3 Å². The maximum absolute atomic E-state index is 12.2. The van der Waals surface area contributed by atoms with Crippen LogP contribution in [0.4, 0.5) is 0 Å². The van der Waals surface area contributed by atoms with E-state index in [1.807, 2.05) is 30.7 Å². The highest BCUT2D eigenvalue weighted by molar-refractivity contribution is 5.87. The van der Waals surface area contributed by atoms with Crippen LogP contribution in [0.3, 0.4) is 0 Å². The smallest absolute Gasteiger partial charge is 0.331 e. The van der Waals surface area contributed by atoms with E-state index >= 15 is 0 Å². The predicted molar refractivity (Wildman–Crippen MR) is 127 cm³/mol. The van der Waals surface area contributed by atoms with Crippen molar-refractivity contribution in [3.8, 4) is 17.2 Å². The fourth-order valence-electron chi connectivity index (χ4n) is 3.47. The molecule has 0 aliphatic carbocycles. The van der Waals surface area contributed by atoms with Gasteiger partial charge in [-0.25, -0.2) is 4.79 Å². The molecule has 4 rings (SSSR count). The van der Waals surface area contributed by atoms with Crippen molar-refractivity contribution in [1.29, 1.82) is 0 Å². The first-order valence-electron chi connectivity index (χ1n) is 10.8. The normalized spacial score (nSPS) is 11.2. The number of ether oxygens (including phenoxy) is 2. The summed E-state index contributed by atoms with van der Waals surface area (Å²) < 4.78 is 17.9. The zero-order valence-corrected chi connectivity index (χ0v) is 19.6. The first-order valence-corrected chi connectivity index (χ1v) is 10.8. The minimum absolute atomic E-state index is 0.114. The van der Waals surface area contributed by atoms with Crippen LogP contribution in [-0.2, 0) is 22.7 Å². The van der Waals surface area contributed by atoms with Crippen molar-refractivity contribution in [2.24, 2.45) is 0 Å². The highest BCUT2D eigenvalue weighted by atomic mass is 16.5. The van der Waals surface area contributed by atoms with Crippen LogP contribution in [-0.4, -0.2) is 33.1 Å². The van der Waals surface area contributed by atoms with Gasteiger partial charge in [-0.05, 0) is 56.7 Å². The van der Waals surface area contributed by atoms with Gasteiger partial charge in [0.15, 0.2) is 6.61 Å². The Kier molecular flexibility index (Phi) is 6.87. The van der Waals surface area contributed by atoms with Gasteiger partial charge in [0.25, 0.3) is 5.89 Å². The standard InChI is InChI=1S/C26H26N4O4/c1-17-5-7-20(8-6-17)15-30-19(3)23(18(2)29-30)13-14-25(31)33-16-24-27-28-26(34-24)21-9-11-22(32-4)12-10-21/h5-14H,15-16H2,1-4H3/b14-13+. The lowest BCUT2D eigenvalue weighted by atomic mass is 10.1. The molecule has 2 aromatic heterocycles. The molecule has 174 valence electrons. The molecule has 0 saturated heterocycles. The van der Waals surface area contributed by atoms with Gasteiger partial charge in [-0.1, -0.05) is 29.8 Å². The molecule has 2 heterocycles. The van der Waals surface area contributed by atoms with E-state index in [-0.39, 0.29) is 12.5 Å². The summed E-state index contributed by atoms with van der Waals surface area (Å²) in [5.74, 6) is 0.784. The number of hydrogen-bond acceptors (Lipinski definition) is 7. The van der Waals surface area contributed by atoms with Crippen LogP contribution >= 0.6 is 0 Å². The first kappa shape index (κ1) is 23.0. The van der Waals surface area contributed by atoms with Crippen LogP contribution in [0.25, 0.3) is 17.5 Å². The topological polar surface area (TPSA) is 92.3 Å². The Hall–Kier alpha value is -4.20. The number of benzene rings is 2. The van der Waals surface area contributed by atoms with E-state index in [4.69, 9.17) is 13.9 Å². The average Bonchev–Trinajstić information content (AvgIpc) is 3.42. The second-order valence-electron chi connectivity index (χ2n) is 7.90. The number of esters is 1. The fraction of sp³-hybridized carbons (Fsp3) is 0.231. The first-order chi connectivity index (χ1) is 16.4. The number of rotatable bonds is 8. The molecule has 0 bridgehead atoms. The molecule has 0 saturated carbocycles. The second kappa shape index (κ2) is 10.2. The zero-order valence-electron chi connectivity index (χ0n) is 19.6. The summed E-state index contributed by atoms with van der Waals surface area (Å²) in [6.45, 7) is 6.52. The van der Waals surface area contributed by atoms with Crippen molar-refractivity contribution in [3.63, 3.8) is 0 Å². The van der Waals surface area contributed by atoms with Gasteiger partial charge in [-0.3, -0.25) is 4.68 Å². The van der Waals surface area contributed by atoms with Crippen LogP contribution in [0.5, 0.6) is 5.75 Å². The highest BCUT2D eigenvalue weighted by Crippen LogP contribution is 2.21. The lowest BCUT2D eigenvalue weighted by molar-refractivity contribution is -0.139. The second-order valence-corrected chi connectivity index (χ2v) is 7.90. The van der Waals surface area contributed by atoms with E-state index in [1.165, 1.54) is 17.2 Å². The van der Waals surface area contributed by atoms with Crippen LogP contribution in [0.2, 0.25) is 0 Å². The molecule has 34 heavy (non-hydrogen) atoms. The summed E-state index contributed by atoms with van der Waals surface area (Å²) in [6.07, 6.45) is 3.11. The number of methoxy groups -OCH3 is 1. The van der Waals surface area contributed by atoms with Crippen molar-refractivity contribution in [2.45, 2.75) is 33.9 Å². The van der Waals surface area contributed by atoms with Gasteiger partial charge in [0.2, 0.25) is 5.89 Å². The van der Waals surface area contributed by atoms with Gasteiger partial charge in [-0.15, -0.1) is 10.2 Å². The molecule has 8 heteroatoms.